The summed E-state index contributed by atoms with van der Waals surface area (Å²) in [6.07, 6.45) is 19.3. The highest BCUT2D eigenvalue weighted by atomic mass is 19.1. The van der Waals surface area contributed by atoms with Gasteiger partial charge in [0.05, 0.1) is 19.4 Å². The number of amides is 1. The third kappa shape index (κ3) is 8.74. The molecule has 0 saturated carbocycles. The summed E-state index contributed by atoms with van der Waals surface area (Å²) in [5, 5.41) is 9.36. The topological polar surface area (TPSA) is 83.0 Å². The van der Waals surface area contributed by atoms with Crippen molar-refractivity contribution in [1.82, 2.24) is 14.8 Å². The number of carboxylic acids is 1. The molecule has 1 aliphatic heterocycles. The molecule has 0 radical (unpaired) electrons. The molecule has 0 bridgehead atoms. The predicted molar refractivity (Wildman–Crippen MR) is 156 cm³/mol. The molecule has 1 saturated heterocycles. The van der Waals surface area contributed by atoms with Gasteiger partial charge in [-0.3, -0.25) is 19.2 Å². The SMILES string of the molecule is CCCN(CCC1COC(=O)N(/C2=C/CCC=C(C(=O)O)C=C2)C1)CC1=C(c2cccnc2)CC(C)C=C1.CF. The number of aliphatic carboxylic acids is 1. The van der Waals surface area contributed by atoms with Gasteiger partial charge >= 0.3 is 12.1 Å². The standard InChI is InChI=1S/C31H39N3O4.CH3F/c1-3-16-33(21-27-11-10-23(2)18-29(27)26-8-6-15-32-19-26)17-14-24-20-34(31(37)38-22-24)28-9-5-4-7-25(12-13-28)30(35)36;1-2/h6-13,15,19,23-24H,3-5,14,16-18,20-22H2,1-2H3,(H,35,36);1H3/b13-12?,25-7?,28-9+;. The number of ether oxygens (including phenoxy) is 1. The van der Waals surface area contributed by atoms with Crippen molar-refractivity contribution in [1.29, 1.82) is 0 Å². The second-order valence-electron chi connectivity index (χ2n) is 10.4. The summed E-state index contributed by atoms with van der Waals surface area (Å²) >= 11 is 0. The number of carbonyl (C=O) groups is 2. The highest BCUT2D eigenvalue weighted by Gasteiger charge is 2.29. The van der Waals surface area contributed by atoms with Crippen molar-refractivity contribution in [3.8, 4) is 0 Å². The molecule has 1 aromatic rings. The number of hydrogen-bond donors (Lipinski definition) is 1. The molecule has 40 heavy (non-hydrogen) atoms. The molecule has 0 aromatic carbocycles. The smallest absolute Gasteiger partial charge is 0.414 e. The maximum absolute atomic E-state index is 12.6. The van der Waals surface area contributed by atoms with Gasteiger partial charge in [0.25, 0.3) is 0 Å². The van der Waals surface area contributed by atoms with Crippen molar-refractivity contribution in [3.05, 3.63) is 83.4 Å². The van der Waals surface area contributed by atoms with E-state index < -0.39 is 5.97 Å². The van der Waals surface area contributed by atoms with Crippen LogP contribution in [0.2, 0.25) is 0 Å². The number of allylic oxidation sites excluding steroid dienone is 5. The summed E-state index contributed by atoms with van der Waals surface area (Å²) < 4.78 is 15.1. The first-order chi connectivity index (χ1) is 19.4. The van der Waals surface area contributed by atoms with Gasteiger partial charge in [0.1, 0.15) is 0 Å². The average Bonchev–Trinajstić information content (AvgIpc) is 2.95. The Morgan fingerprint density at radius 1 is 1.20 bits per heavy atom. The third-order valence-corrected chi connectivity index (χ3v) is 7.32. The zero-order chi connectivity index (χ0) is 28.9. The number of aromatic nitrogens is 1. The van der Waals surface area contributed by atoms with Gasteiger partial charge in [-0.15, -0.1) is 0 Å². The van der Waals surface area contributed by atoms with E-state index in [2.05, 4.69) is 41.9 Å². The third-order valence-electron chi connectivity index (χ3n) is 7.32. The molecule has 8 heteroatoms. The normalized spacial score (nSPS) is 22.4. The molecular weight excluding hydrogens is 509 g/mol. The van der Waals surface area contributed by atoms with Crippen molar-refractivity contribution in [2.45, 2.75) is 46.0 Å². The summed E-state index contributed by atoms with van der Waals surface area (Å²) in [4.78, 5) is 32.6. The Bertz CT molecular complexity index is 1160. The Hall–Kier alpha value is -3.52. The largest absolute Gasteiger partial charge is 0.478 e. The number of cyclic esters (lactones) is 1. The lowest BCUT2D eigenvalue weighted by Gasteiger charge is -2.34. The number of pyridine rings is 1. The number of carboxylic acid groups (broad SMARTS) is 1. The quantitative estimate of drug-likeness (QED) is 0.361. The maximum Gasteiger partial charge on any atom is 0.414 e. The van der Waals surface area contributed by atoms with Crippen LogP contribution in [-0.2, 0) is 9.53 Å². The zero-order valence-corrected chi connectivity index (χ0v) is 23.9. The first-order valence-electron chi connectivity index (χ1n) is 14.1. The summed E-state index contributed by atoms with van der Waals surface area (Å²) in [6, 6.07) is 4.15. The average molecular weight is 552 g/mol. The van der Waals surface area contributed by atoms with Gasteiger partial charge in [0.2, 0.25) is 0 Å². The van der Waals surface area contributed by atoms with E-state index >= 15 is 0 Å². The minimum Gasteiger partial charge on any atom is -0.478 e. The van der Waals surface area contributed by atoms with Crippen molar-refractivity contribution < 1.29 is 23.8 Å². The monoisotopic (exact) mass is 551 g/mol. The number of hydrogen-bond acceptors (Lipinski definition) is 5. The van der Waals surface area contributed by atoms with E-state index in [1.165, 1.54) is 16.7 Å². The Labute approximate surface area is 237 Å². The molecule has 4 rings (SSSR count). The number of nitrogens with zero attached hydrogens (tertiary/aromatic N) is 3. The summed E-state index contributed by atoms with van der Waals surface area (Å²) in [7, 11) is 0.500. The maximum atomic E-state index is 12.6. The van der Waals surface area contributed by atoms with E-state index in [1.807, 2.05) is 24.5 Å². The molecule has 2 aliphatic carbocycles. The van der Waals surface area contributed by atoms with Crippen LogP contribution in [0.4, 0.5) is 9.18 Å². The molecule has 2 heterocycles. The predicted octanol–water partition coefficient (Wildman–Crippen LogP) is 6.43. The number of alkyl halides is 1. The van der Waals surface area contributed by atoms with E-state index in [-0.39, 0.29) is 17.6 Å². The van der Waals surface area contributed by atoms with Crippen LogP contribution in [0.1, 0.15) is 51.5 Å². The molecule has 2 atom stereocenters. The highest BCUT2D eigenvalue weighted by molar-refractivity contribution is 5.90. The van der Waals surface area contributed by atoms with Crippen molar-refractivity contribution in [2.75, 3.05) is 40.0 Å². The Balaban J connectivity index is 0.00000216. The molecule has 0 spiro atoms. The van der Waals surface area contributed by atoms with E-state index in [0.717, 1.165) is 38.9 Å². The number of carbonyl (C=O) groups excluding carboxylic acids is 1. The van der Waals surface area contributed by atoms with Gasteiger partial charge in [0.15, 0.2) is 0 Å². The second-order valence-corrected chi connectivity index (χ2v) is 10.4. The fourth-order valence-corrected chi connectivity index (χ4v) is 5.26. The van der Waals surface area contributed by atoms with Crippen molar-refractivity contribution in [2.24, 2.45) is 11.8 Å². The van der Waals surface area contributed by atoms with Crippen molar-refractivity contribution >= 4 is 17.6 Å². The molecule has 1 amide bonds. The molecule has 2 unspecified atom stereocenters. The fraction of sp³-hybridized carbons (Fsp3) is 0.469. The highest BCUT2D eigenvalue weighted by Crippen LogP contribution is 2.32. The van der Waals surface area contributed by atoms with Gasteiger partial charge in [-0.2, -0.15) is 0 Å². The summed E-state index contributed by atoms with van der Waals surface area (Å²) in [5.41, 5.74) is 4.90. The van der Waals surface area contributed by atoms with Gasteiger partial charge in [-0.25, -0.2) is 9.59 Å². The molecular formula is C32H42FN3O4. The van der Waals surface area contributed by atoms with Crippen LogP contribution in [0, 0.1) is 11.8 Å². The molecule has 7 nitrogen and oxygen atoms in total. The lowest BCUT2D eigenvalue weighted by atomic mass is 9.87. The minimum absolute atomic E-state index is 0.204. The first kappa shape index (κ1) is 31.0. The van der Waals surface area contributed by atoms with Crippen LogP contribution >= 0.6 is 0 Å². The lowest BCUT2D eigenvalue weighted by Crippen LogP contribution is -2.43. The first-order valence-corrected chi connectivity index (χ1v) is 14.1. The molecule has 1 aromatic heterocycles. The summed E-state index contributed by atoms with van der Waals surface area (Å²) in [6.45, 7) is 8.24. The number of rotatable bonds is 10. The van der Waals surface area contributed by atoms with Gasteiger partial charge < -0.3 is 9.84 Å². The van der Waals surface area contributed by atoms with Crippen LogP contribution in [0.3, 0.4) is 0 Å². The van der Waals surface area contributed by atoms with Crippen LogP contribution in [-0.4, -0.2) is 71.9 Å². The lowest BCUT2D eigenvalue weighted by molar-refractivity contribution is -0.132. The fourth-order valence-electron chi connectivity index (χ4n) is 5.26. The second kappa shape index (κ2) is 15.9. The van der Waals surface area contributed by atoms with Crippen LogP contribution < -0.4 is 0 Å². The Kier molecular flexibility index (Phi) is 12.3. The van der Waals surface area contributed by atoms with Gasteiger partial charge in [-0.05, 0) is 86.0 Å². The van der Waals surface area contributed by atoms with E-state index in [9.17, 15) is 19.1 Å². The molecule has 3 aliphatic rings. The zero-order valence-electron chi connectivity index (χ0n) is 23.9. The summed E-state index contributed by atoms with van der Waals surface area (Å²) in [5.74, 6) is -0.244. The van der Waals surface area contributed by atoms with E-state index in [1.54, 1.807) is 23.1 Å². The van der Waals surface area contributed by atoms with Gasteiger partial charge in [-0.1, -0.05) is 44.2 Å². The molecule has 216 valence electrons. The Morgan fingerprint density at radius 3 is 2.73 bits per heavy atom. The van der Waals surface area contributed by atoms with Crippen molar-refractivity contribution in [3.63, 3.8) is 0 Å². The van der Waals surface area contributed by atoms with Crippen LogP contribution in [0.15, 0.2) is 77.8 Å². The van der Waals surface area contributed by atoms with E-state index in [4.69, 9.17) is 4.74 Å². The van der Waals surface area contributed by atoms with Gasteiger partial charge in [0, 0.05) is 37.1 Å². The molecule has 1 N–H and O–H groups in total. The van der Waals surface area contributed by atoms with Crippen LogP contribution in [0.5, 0.6) is 0 Å². The number of halogens is 1. The molecule has 1 fully saturated rings. The Morgan fingerprint density at radius 2 is 2.00 bits per heavy atom. The van der Waals surface area contributed by atoms with E-state index in [0.29, 0.717) is 44.8 Å². The van der Waals surface area contributed by atoms with Crippen LogP contribution in [0.25, 0.3) is 5.57 Å². The minimum atomic E-state index is -0.957.